The molecule has 0 bridgehead atoms. The number of hydrogen-bond acceptors (Lipinski definition) is 7. The highest BCUT2D eigenvalue weighted by atomic mass is 32.1. The van der Waals surface area contributed by atoms with Gasteiger partial charge in [-0.1, -0.05) is 6.07 Å². The molecule has 2 aromatic heterocycles. The monoisotopic (exact) mass is 467 g/mol. The number of nitrogens with zero attached hydrogens (tertiary/aromatic N) is 3. The first-order valence-electron chi connectivity index (χ1n) is 10.6. The molecule has 10 heteroatoms. The molecule has 0 atom stereocenters. The first-order valence-corrected chi connectivity index (χ1v) is 11.5. The van der Waals surface area contributed by atoms with Gasteiger partial charge >= 0.3 is 0 Å². The van der Waals surface area contributed by atoms with Crippen LogP contribution in [0.4, 0.5) is 9.52 Å². The molecule has 3 heterocycles. The number of fused-ring (bicyclic) bond motifs is 1. The Bertz CT molecular complexity index is 1250. The standard InChI is InChI=1S/C23H22FN5O3S/c24-15-4-5-19(32-12-9-29-7-10-31-11-8-29)17(14-15)21-26-18-3-1-2-16(20(18)27-21)22(30)28-23-25-6-13-33-23/h1-6,13-14H,7-12H2,(H,26,27)(H,25,28,30). The summed E-state index contributed by atoms with van der Waals surface area (Å²) < 4.78 is 25.5. The maximum atomic E-state index is 14.1. The van der Waals surface area contributed by atoms with E-state index in [1.54, 1.807) is 29.8 Å². The van der Waals surface area contributed by atoms with Gasteiger partial charge in [-0.25, -0.2) is 14.4 Å². The van der Waals surface area contributed by atoms with Gasteiger partial charge in [-0.05, 0) is 30.3 Å². The van der Waals surface area contributed by atoms with Crippen molar-refractivity contribution in [2.24, 2.45) is 0 Å². The highest BCUT2D eigenvalue weighted by molar-refractivity contribution is 7.13. The molecule has 8 nitrogen and oxygen atoms in total. The molecule has 0 unspecified atom stereocenters. The van der Waals surface area contributed by atoms with Crippen LogP contribution in [0.25, 0.3) is 22.4 Å². The molecule has 1 saturated heterocycles. The number of carbonyl (C=O) groups excluding carboxylic acids is 1. The highest BCUT2D eigenvalue weighted by Crippen LogP contribution is 2.31. The lowest BCUT2D eigenvalue weighted by Crippen LogP contribution is -2.38. The van der Waals surface area contributed by atoms with E-state index in [1.807, 2.05) is 6.07 Å². The van der Waals surface area contributed by atoms with Crippen LogP contribution in [0.5, 0.6) is 5.75 Å². The van der Waals surface area contributed by atoms with Crippen molar-refractivity contribution in [3.8, 4) is 17.1 Å². The summed E-state index contributed by atoms with van der Waals surface area (Å²) in [6.45, 7) is 4.39. The molecule has 1 fully saturated rings. The SMILES string of the molecule is O=C(Nc1nccs1)c1cccc2[nH]c(-c3cc(F)ccc3OCCN3CCOCC3)nc12. The van der Waals surface area contributed by atoms with Crippen molar-refractivity contribution < 1.29 is 18.7 Å². The molecule has 5 rings (SSSR count). The lowest BCUT2D eigenvalue weighted by molar-refractivity contribution is 0.0323. The Morgan fingerprint density at radius 1 is 1.27 bits per heavy atom. The third kappa shape index (κ3) is 4.87. The summed E-state index contributed by atoms with van der Waals surface area (Å²) in [6.07, 6.45) is 1.62. The average Bonchev–Trinajstić information content (AvgIpc) is 3.50. The van der Waals surface area contributed by atoms with Crippen LogP contribution >= 0.6 is 11.3 Å². The number of benzene rings is 2. The molecule has 4 aromatic rings. The minimum Gasteiger partial charge on any atom is -0.491 e. The smallest absolute Gasteiger partial charge is 0.259 e. The lowest BCUT2D eigenvalue weighted by atomic mass is 10.1. The number of H-pyrrole nitrogens is 1. The molecular weight excluding hydrogens is 445 g/mol. The van der Waals surface area contributed by atoms with Crippen molar-refractivity contribution in [2.45, 2.75) is 0 Å². The minimum atomic E-state index is -0.396. The van der Waals surface area contributed by atoms with Gasteiger partial charge in [-0.3, -0.25) is 15.0 Å². The molecule has 0 saturated carbocycles. The number of halogens is 1. The minimum absolute atomic E-state index is 0.310. The van der Waals surface area contributed by atoms with E-state index in [-0.39, 0.29) is 5.91 Å². The van der Waals surface area contributed by atoms with Crippen LogP contribution in [0.1, 0.15) is 10.4 Å². The second-order valence-corrected chi connectivity index (χ2v) is 8.42. The van der Waals surface area contributed by atoms with E-state index in [1.165, 1.54) is 23.5 Å². The first kappa shape index (κ1) is 21.5. The van der Waals surface area contributed by atoms with Crippen molar-refractivity contribution in [1.29, 1.82) is 0 Å². The lowest BCUT2D eigenvalue weighted by Gasteiger charge is -2.26. The Labute approximate surface area is 193 Å². The summed E-state index contributed by atoms with van der Waals surface area (Å²) in [5, 5.41) is 5.07. The van der Waals surface area contributed by atoms with Crippen molar-refractivity contribution in [3.05, 3.63) is 59.4 Å². The number of nitrogens with one attached hydrogen (secondary N) is 2. The number of para-hydroxylation sites is 1. The number of thiazole rings is 1. The van der Waals surface area contributed by atoms with Crippen LogP contribution in [0.3, 0.4) is 0 Å². The zero-order valence-electron chi connectivity index (χ0n) is 17.7. The molecule has 0 aliphatic carbocycles. The molecular formula is C23H22FN5O3S. The molecule has 1 aliphatic heterocycles. The number of imidazole rings is 1. The summed E-state index contributed by atoms with van der Waals surface area (Å²) in [5.41, 5.74) is 2.06. The number of amides is 1. The van der Waals surface area contributed by atoms with E-state index in [4.69, 9.17) is 9.47 Å². The molecule has 170 valence electrons. The van der Waals surface area contributed by atoms with E-state index in [9.17, 15) is 9.18 Å². The van der Waals surface area contributed by atoms with E-state index in [0.29, 0.717) is 45.5 Å². The number of carbonyl (C=O) groups is 1. The fourth-order valence-corrected chi connectivity index (χ4v) is 4.24. The van der Waals surface area contributed by atoms with E-state index in [2.05, 4.69) is 25.2 Å². The second kappa shape index (κ2) is 9.65. The summed E-state index contributed by atoms with van der Waals surface area (Å²) >= 11 is 1.33. The Hall–Kier alpha value is -3.34. The van der Waals surface area contributed by atoms with Gasteiger partial charge in [0.15, 0.2) is 5.13 Å². The van der Waals surface area contributed by atoms with Gasteiger partial charge in [0.1, 0.15) is 29.5 Å². The number of rotatable bonds is 7. The van der Waals surface area contributed by atoms with Gasteiger partial charge < -0.3 is 14.5 Å². The molecule has 2 N–H and O–H groups in total. The van der Waals surface area contributed by atoms with Gasteiger partial charge in [0.25, 0.3) is 5.91 Å². The molecule has 33 heavy (non-hydrogen) atoms. The summed E-state index contributed by atoms with van der Waals surface area (Å²) in [5.74, 6) is 0.250. The van der Waals surface area contributed by atoms with Gasteiger partial charge in [0, 0.05) is 31.2 Å². The number of morpholine rings is 1. The zero-order valence-corrected chi connectivity index (χ0v) is 18.5. The Kier molecular flexibility index (Phi) is 6.29. The number of aromatic amines is 1. The van der Waals surface area contributed by atoms with Crippen molar-refractivity contribution in [3.63, 3.8) is 0 Å². The quantitative estimate of drug-likeness (QED) is 0.430. The molecule has 1 aliphatic rings. The van der Waals surface area contributed by atoms with Crippen LogP contribution in [0.2, 0.25) is 0 Å². The van der Waals surface area contributed by atoms with E-state index >= 15 is 0 Å². The third-order valence-corrected chi connectivity index (χ3v) is 6.06. The van der Waals surface area contributed by atoms with Crippen LogP contribution in [0.15, 0.2) is 48.0 Å². The van der Waals surface area contributed by atoms with Gasteiger partial charge in [0.05, 0.1) is 29.9 Å². The third-order valence-electron chi connectivity index (χ3n) is 5.38. The molecule has 0 spiro atoms. The van der Waals surface area contributed by atoms with E-state index in [0.717, 1.165) is 32.8 Å². The van der Waals surface area contributed by atoms with Crippen molar-refractivity contribution in [1.82, 2.24) is 19.9 Å². The van der Waals surface area contributed by atoms with Gasteiger partial charge in [-0.15, -0.1) is 11.3 Å². The average molecular weight is 468 g/mol. The largest absolute Gasteiger partial charge is 0.491 e. The summed E-state index contributed by atoms with van der Waals surface area (Å²) in [6, 6.07) is 9.64. The molecule has 1 amide bonds. The fourth-order valence-electron chi connectivity index (χ4n) is 3.72. The molecule has 0 radical (unpaired) electrons. The van der Waals surface area contributed by atoms with Crippen LogP contribution < -0.4 is 10.1 Å². The fraction of sp³-hybridized carbons (Fsp3) is 0.261. The normalized spacial score (nSPS) is 14.5. The van der Waals surface area contributed by atoms with Gasteiger partial charge in [-0.2, -0.15) is 0 Å². The van der Waals surface area contributed by atoms with Crippen LogP contribution in [-0.4, -0.2) is 65.2 Å². The van der Waals surface area contributed by atoms with Crippen molar-refractivity contribution >= 4 is 33.4 Å². The van der Waals surface area contributed by atoms with Crippen molar-refractivity contribution in [2.75, 3.05) is 44.8 Å². The topological polar surface area (TPSA) is 92.4 Å². The summed E-state index contributed by atoms with van der Waals surface area (Å²) in [7, 11) is 0. The van der Waals surface area contributed by atoms with E-state index < -0.39 is 5.82 Å². The molecule has 2 aromatic carbocycles. The zero-order chi connectivity index (χ0) is 22.6. The maximum Gasteiger partial charge on any atom is 0.259 e. The van der Waals surface area contributed by atoms with Crippen LogP contribution in [0, 0.1) is 5.82 Å². The predicted molar refractivity (Wildman–Crippen MR) is 124 cm³/mol. The van der Waals surface area contributed by atoms with Gasteiger partial charge in [0.2, 0.25) is 0 Å². The number of hydrogen-bond donors (Lipinski definition) is 2. The number of ether oxygens (including phenoxy) is 2. The second-order valence-electron chi connectivity index (χ2n) is 7.52. The Morgan fingerprint density at radius 3 is 2.97 bits per heavy atom. The predicted octanol–water partition coefficient (Wildman–Crippen LogP) is 3.79. The number of anilines is 1. The highest BCUT2D eigenvalue weighted by Gasteiger charge is 2.18. The Balaban J connectivity index is 1.40. The first-order chi connectivity index (χ1) is 16.2. The number of aromatic nitrogens is 3. The maximum absolute atomic E-state index is 14.1. The Morgan fingerprint density at radius 2 is 2.15 bits per heavy atom. The summed E-state index contributed by atoms with van der Waals surface area (Å²) in [4.78, 5) is 27.0. The van der Waals surface area contributed by atoms with Crippen LogP contribution in [-0.2, 0) is 4.74 Å².